The molecule has 0 bridgehead atoms. The van der Waals surface area contributed by atoms with Gasteiger partial charge < -0.3 is 20.5 Å². The molecular formula is C18H22F2N2O4. The van der Waals surface area contributed by atoms with Crippen molar-refractivity contribution in [2.75, 3.05) is 6.61 Å². The van der Waals surface area contributed by atoms with E-state index in [0.29, 0.717) is 12.0 Å². The Kier molecular flexibility index (Phi) is 7.23. The fourth-order valence-corrected chi connectivity index (χ4v) is 2.59. The maximum Gasteiger partial charge on any atom is 0.223 e. The first-order valence-corrected chi connectivity index (χ1v) is 8.37. The van der Waals surface area contributed by atoms with Crippen LogP contribution < -0.4 is 10.6 Å². The largest absolute Gasteiger partial charge is 0.394 e. The number of hydrogen-bond donors (Lipinski definition) is 3. The van der Waals surface area contributed by atoms with E-state index >= 15 is 0 Å². The molecule has 3 atom stereocenters. The van der Waals surface area contributed by atoms with Crippen molar-refractivity contribution in [3.05, 3.63) is 47.5 Å². The zero-order valence-electron chi connectivity index (χ0n) is 14.4. The summed E-state index contributed by atoms with van der Waals surface area (Å²) in [6, 6.07) is 2.59. The van der Waals surface area contributed by atoms with Gasteiger partial charge in [-0.2, -0.15) is 0 Å². The molecule has 0 spiro atoms. The Labute approximate surface area is 150 Å². The van der Waals surface area contributed by atoms with Gasteiger partial charge in [-0.15, -0.1) is 0 Å². The second-order valence-electron chi connectivity index (χ2n) is 5.99. The van der Waals surface area contributed by atoms with Gasteiger partial charge in [0.25, 0.3) is 0 Å². The fraction of sp³-hybridized carbons (Fsp3) is 0.444. The van der Waals surface area contributed by atoms with Crippen molar-refractivity contribution in [3.8, 4) is 0 Å². The van der Waals surface area contributed by atoms with Crippen LogP contribution in [0.15, 0.2) is 30.4 Å². The molecule has 1 heterocycles. The standard InChI is InChI=1S/C18H22F2N2O4/c1-2-17(24)22-15-4-3-14(26-16(15)10-23)8-18(25)21-9-11-5-12(19)7-13(20)6-11/h3-7,14-16,23H,2,8-10H2,1H3,(H,21,25)(H,22,24)/t14-,15+,16-/m1/s1. The zero-order valence-corrected chi connectivity index (χ0v) is 14.4. The van der Waals surface area contributed by atoms with Crippen LogP contribution in [0, 0.1) is 11.6 Å². The molecule has 0 saturated heterocycles. The molecule has 2 rings (SSSR count). The normalized spacial score (nSPS) is 22.1. The Hall–Kier alpha value is -2.32. The van der Waals surface area contributed by atoms with Gasteiger partial charge in [-0.1, -0.05) is 19.1 Å². The van der Waals surface area contributed by atoms with Crippen molar-refractivity contribution in [2.45, 2.75) is 44.6 Å². The molecule has 0 aliphatic carbocycles. The van der Waals surface area contributed by atoms with E-state index in [2.05, 4.69) is 10.6 Å². The number of aliphatic hydroxyl groups is 1. The zero-order chi connectivity index (χ0) is 19.1. The van der Waals surface area contributed by atoms with Crippen LogP contribution in [0.5, 0.6) is 0 Å². The van der Waals surface area contributed by atoms with Crippen LogP contribution in [-0.2, 0) is 20.9 Å². The van der Waals surface area contributed by atoms with E-state index in [-0.39, 0.29) is 31.4 Å². The molecule has 1 aliphatic rings. The second-order valence-corrected chi connectivity index (χ2v) is 5.99. The van der Waals surface area contributed by atoms with Crippen LogP contribution in [0.4, 0.5) is 8.78 Å². The number of halogens is 2. The Morgan fingerprint density at radius 3 is 2.46 bits per heavy atom. The Morgan fingerprint density at radius 2 is 1.85 bits per heavy atom. The van der Waals surface area contributed by atoms with Crippen LogP contribution in [0.25, 0.3) is 0 Å². The van der Waals surface area contributed by atoms with E-state index in [1.807, 2.05) is 0 Å². The SMILES string of the molecule is CCC(=O)N[C@H]1C=C[C@H](CC(=O)NCc2cc(F)cc(F)c2)O[C@@H]1CO. The molecule has 1 aromatic rings. The van der Waals surface area contributed by atoms with Crippen molar-refractivity contribution in [1.82, 2.24) is 10.6 Å². The molecular weight excluding hydrogens is 346 g/mol. The van der Waals surface area contributed by atoms with Crippen LogP contribution in [0.1, 0.15) is 25.3 Å². The number of ether oxygens (including phenoxy) is 1. The predicted molar refractivity (Wildman–Crippen MR) is 89.9 cm³/mol. The van der Waals surface area contributed by atoms with Crippen molar-refractivity contribution in [1.29, 1.82) is 0 Å². The number of nitrogens with one attached hydrogen (secondary N) is 2. The summed E-state index contributed by atoms with van der Waals surface area (Å²) in [5, 5.41) is 14.7. The highest BCUT2D eigenvalue weighted by Gasteiger charge is 2.28. The molecule has 0 aromatic heterocycles. The lowest BCUT2D eigenvalue weighted by molar-refractivity contribution is -0.128. The molecule has 2 amide bonds. The summed E-state index contributed by atoms with van der Waals surface area (Å²) in [5.74, 6) is -1.95. The maximum atomic E-state index is 13.1. The molecule has 142 valence electrons. The summed E-state index contributed by atoms with van der Waals surface area (Å²) >= 11 is 0. The number of amides is 2. The van der Waals surface area contributed by atoms with Gasteiger partial charge in [0.2, 0.25) is 11.8 Å². The number of hydrogen-bond acceptors (Lipinski definition) is 4. The summed E-state index contributed by atoms with van der Waals surface area (Å²) < 4.78 is 31.9. The highest BCUT2D eigenvalue weighted by molar-refractivity contribution is 5.77. The third-order valence-electron chi connectivity index (χ3n) is 3.91. The molecule has 3 N–H and O–H groups in total. The highest BCUT2D eigenvalue weighted by Crippen LogP contribution is 2.16. The molecule has 1 aliphatic heterocycles. The molecule has 0 fully saturated rings. The summed E-state index contributed by atoms with van der Waals surface area (Å²) in [6.07, 6.45) is 2.43. The predicted octanol–water partition coefficient (Wildman–Crippen LogP) is 1.18. The summed E-state index contributed by atoms with van der Waals surface area (Å²) in [6.45, 7) is 1.40. The minimum absolute atomic E-state index is 0.0114. The molecule has 26 heavy (non-hydrogen) atoms. The van der Waals surface area contributed by atoms with Crippen LogP contribution >= 0.6 is 0 Å². The van der Waals surface area contributed by atoms with Crippen molar-refractivity contribution in [3.63, 3.8) is 0 Å². The molecule has 1 aromatic carbocycles. The lowest BCUT2D eigenvalue weighted by atomic mass is 10.0. The number of benzene rings is 1. The average Bonchev–Trinajstić information content (AvgIpc) is 2.60. The third kappa shape index (κ3) is 5.89. The molecule has 0 radical (unpaired) electrons. The van der Waals surface area contributed by atoms with Crippen LogP contribution in [-0.4, -0.2) is 41.8 Å². The third-order valence-corrected chi connectivity index (χ3v) is 3.91. The van der Waals surface area contributed by atoms with Gasteiger partial charge in [0.05, 0.1) is 25.2 Å². The Morgan fingerprint density at radius 1 is 1.15 bits per heavy atom. The van der Waals surface area contributed by atoms with Crippen LogP contribution in [0.3, 0.4) is 0 Å². The molecule has 6 nitrogen and oxygen atoms in total. The van der Waals surface area contributed by atoms with Gasteiger partial charge in [0, 0.05) is 19.0 Å². The minimum Gasteiger partial charge on any atom is -0.394 e. The smallest absolute Gasteiger partial charge is 0.223 e. The first-order valence-electron chi connectivity index (χ1n) is 8.37. The maximum absolute atomic E-state index is 13.1. The van der Waals surface area contributed by atoms with Crippen molar-refractivity contribution < 1.29 is 28.2 Å². The molecule has 8 heteroatoms. The van der Waals surface area contributed by atoms with Crippen LogP contribution in [0.2, 0.25) is 0 Å². The van der Waals surface area contributed by atoms with E-state index in [0.717, 1.165) is 18.2 Å². The number of rotatable bonds is 7. The number of carbonyl (C=O) groups is 2. The van der Waals surface area contributed by atoms with Crippen molar-refractivity contribution in [2.24, 2.45) is 0 Å². The summed E-state index contributed by atoms with van der Waals surface area (Å²) in [5.41, 5.74) is 0.312. The first kappa shape index (κ1) is 20.0. The lowest BCUT2D eigenvalue weighted by Crippen LogP contribution is -2.48. The Balaban J connectivity index is 1.86. The number of aliphatic hydroxyl groups excluding tert-OH is 1. The van der Waals surface area contributed by atoms with E-state index in [1.54, 1.807) is 19.1 Å². The van der Waals surface area contributed by atoms with Gasteiger partial charge in [-0.05, 0) is 17.7 Å². The summed E-state index contributed by atoms with van der Waals surface area (Å²) in [7, 11) is 0. The first-order chi connectivity index (χ1) is 12.4. The second kappa shape index (κ2) is 9.40. The lowest BCUT2D eigenvalue weighted by Gasteiger charge is -2.31. The fourth-order valence-electron chi connectivity index (χ4n) is 2.59. The van der Waals surface area contributed by atoms with Gasteiger partial charge in [-0.3, -0.25) is 9.59 Å². The topological polar surface area (TPSA) is 87.7 Å². The van der Waals surface area contributed by atoms with E-state index in [4.69, 9.17) is 4.74 Å². The van der Waals surface area contributed by atoms with E-state index in [9.17, 15) is 23.5 Å². The van der Waals surface area contributed by atoms with Gasteiger partial charge >= 0.3 is 0 Å². The molecule has 0 saturated carbocycles. The number of carbonyl (C=O) groups excluding carboxylic acids is 2. The minimum atomic E-state index is -0.709. The monoisotopic (exact) mass is 368 g/mol. The average molecular weight is 368 g/mol. The Bertz CT molecular complexity index is 661. The highest BCUT2D eigenvalue weighted by atomic mass is 19.1. The summed E-state index contributed by atoms with van der Waals surface area (Å²) in [4.78, 5) is 23.5. The van der Waals surface area contributed by atoms with Gasteiger partial charge in [0.1, 0.15) is 17.7 Å². The molecule has 0 unspecified atom stereocenters. The van der Waals surface area contributed by atoms with Crippen molar-refractivity contribution >= 4 is 11.8 Å². The van der Waals surface area contributed by atoms with Gasteiger partial charge in [-0.25, -0.2) is 8.78 Å². The van der Waals surface area contributed by atoms with Gasteiger partial charge in [0.15, 0.2) is 0 Å². The van der Waals surface area contributed by atoms with E-state index in [1.165, 1.54) is 0 Å². The quantitative estimate of drug-likeness (QED) is 0.631. The van der Waals surface area contributed by atoms with E-state index < -0.39 is 29.9 Å².